The molecule has 2 aromatic rings. The van der Waals surface area contributed by atoms with Crippen LogP contribution < -0.4 is 5.32 Å². The van der Waals surface area contributed by atoms with E-state index in [0.717, 1.165) is 27.6 Å². The van der Waals surface area contributed by atoms with Gasteiger partial charge in [-0.05, 0) is 31.6 Å². The lowest BCUT2D eigenvalue weighted by atomic mass is 10.2. The summed E-state index contributed by atoms with van der Waals surface area (Å²) >= 11 is 7.00. The molecule has 0 saturated carbocycles. The zero-order chi connectivity index (χ0) is 17.9. The quantitative estimate of drug-likeness (QED) is 0.648. The maximum atomic E-state index is 11.9. The van der Waals surface area contributed by atoms with Crippen LogP contribution >= 0.6 is 23.6 Å². The van der Waals surface area contributed by atoms with Crippen LogP contribution in [-0.2, 0) is 24.8 Å². The Morgan fingerprint density at radius 2 is 2.25 bits per heavy atom. The zero-order valence-corrected chi connectivity index (χ0v) is 16.2. The number of thiocarbonyl (C=S) groups is 1. The first-order chi connectivity index (χ1) is 11.4. The fourth-order valence-electron chi connectivity index (χ4n) is 2.19. The van der Waals surface area contributed by atoms with Crippen LogP contribution in [0.15, 0.2) is 12.3 Å². The van der Waals surface area contributed by atoms with E-state index in [1.807, 2.05) is 49.8 Å². The highest BCUT2D eigenvalue weighted by Gasteiger charge is 2.18. The molecule has 2 rings (SSSR count). The molecule has 130 valence electrons. The number of nitrogens with one attached hydrogen (secondary N) is 1. The minimum absolute atomic E-state index is 0.359. The van der Waals surface area contributed by atoms with E-state index in [4.69, 9.17) is 17.0 Å². The number of rotatable bonds is 5. The Hall–Kier alpha value is -1.93. The molecule has 0 fully saturated rings. The molecule has 0 amide bonds. The first kappa shape index (κ1) is 18.4. The van der Waals surface area contributed by atoms with Gasteiger partial charge in [-0.25, -0.2) is 4.79 Å². The molecule has 2 heterocycles. The van der Waals surface area contributed by atoms with Gasteiger partial charge in [0.2, 0.25) is 0 Å². The van der Waals surface area contributed by atoms with Crippen LogP contribution in [0.5, 0.6) is 0 Å². The first-order valence-corrected chi connectivity index (χ1v) is 8.80. The van der Waals surface area contributed by atoms with Crippen molar-refractivity contribution in [3.63, 3.8) is 0 Å². The standard InChI is InChI=1S/C16H22N4O2S2/c1-6-12-7-13(15(21)22-5)14(24-12)18-16(23)19(3)9-11-8-17-20(4)10(11)2/h7-8H,6,9H2,1-5H3,(H,18,23). The number of thiophene rings is 1. The summed E-state index contributed by atoms with van der Waals surface area (Å²) in [6.45, 7) is 4.71. The number of esters is 1. The molecule has 0 atom stereocenters. The average Bonchev–Trinajstić information content (AvgIpc) is 3.12. The fourth-order valence-corrected chi connectivity index (χ4v) is 3.40. The van der Waals surface area contributed by atoms with Crippen molar-refractivity contribution in [3.05, 3.63) is 34.0 Å². The second kappa shape index (κ2) is 7.76. The lowest BCUT2D eigenvalue weighted by Crippen LogP contribution is -2.31. The highest BCUT2D eigenvalue weighted by molar-refractivity contribution is 7.80. The molecule has 0 spiro atoms. The number of ether oxygens (including phenoxy) is 1. The number of carbonyl (C=O) groups is 1. The molecule has 0 aliphatic heterocycles. The summed E-state index contributed by atoms with van der Waals surface area (Å²) in [6.07, 6.45) is 2.70. The van der Waals surface area contributed by atoms with Gasteiger partial charge in [-0.3, -0.25) is 4.68 Å². The lowest BCUT2D eigenvalue weighted by Gasteiger charge is -2.20. The third-order valence-corrected chi connectivity index (χ3v) is 5.46. The third-order valence-electron chi connectivity index (χ3n) is 3.85. The largest absolute Gasteiger partial charge is 0.465 e. The minimum Gasteiger partial charge on any atom is -0.465 e. The molecule has 0 bridgehead atoms. The van der Waals surface area contributed by atoms with Gasteiger partial charge < -0.3 is 15.0 Å². The van der Waals surface area contributed by atoms with Gasteiger partial charge in [0.15, 0.2) is 5.11 Å². The molecule has 8 heteroatoms. The van der Waals surface area contributed by atoms with E-state index in [9.17, 15) is 4.79 Å². The van der Waals surface area contributed by atoms with E-state index in [-0.39, 0.29) is 5.97 Å². The van der Waals surface area contributed by atoms with Gasteiger partial charge in [-0.1, -0.05) is 6.92 Å². The highest BCUT2D eigenvalue weighted by Crippen LogP contribution is 2.29. The molecule has 0 unspecified atom stereocenters. The third kappa shape index (κ3) is 3.93. The average molecular weight is 367 g/mol. The van der Waals surface area contributed by atoms with Crippen molar-refractivity contribution in [3.8, 4) is 0 Å². The van der Waals surface area contributed by atoms with Crippen LogP contribution in [0.2, 0.25) is 0 Å². The van der Waals surface area contributed by atoms with Crippen LogP contribution in [0, 0.1) is 6.92 Å². The number of hydrogen-bond donors (Lipinski definition) is 1. The minimum atomic E-state index is -0.359. The van der Waals surface area contributed by atoms with E-state index < -0.39 is 0 Å². The second-order valence-electron chi connectivity index (χ2n) is 5.47. The molecular formula is C16H22N4O2S2. The van der Waals surface area contributed by atoms with Crippen LogP contribution in [0.3, 0.4) is 0 Å². The van der Waals surface area contributed by atoms with Gasteiger partial charge in [0, 0.05) is 36.8 Å². The second-order valence-corrected chi connectivity index (χ2v) is 6.99. The molecule has 0 aliphatic rings. The Morgan fingerprint density at radius 1 is 1.54 bits per heavy atom. The maximum absolute atomic E-state index is 11.9. The van der Waals surface area contributed by atoms with Crippen LogP contribution in [-0.4, -0.2) is 39.9 Å². The highest BCUT2D eigenvalue weighted by atomic mass is 32.1. The summed E-state index contributed by atoms with van der Waals surface area (Å²) in [5.41, 5.74) is 2.73. The summed E-state index contributed by atoms with van der Waals surface area (Å²) in [6, 6.07) is 1.85. The number of methoxy groups -OCH3 is 1. The molecule has 24 heavy (non-hydrogen) atoms. The SMILES string of the molecule is CCc1cc(C(=O)OC)c(NC(=S)N(C)Cc2cnn(C)c2C)s1. The van der Waals surface area contributed by atoms with Crippen molar-refractivity contribution in [2.45, 2.75) is 26.8 Å². The lowest BCUT2D eigenvalue weighted by molar-refractivity contribution is 0.0602. The molecule has 0 aromatic carbocycles. The molecule has 2 aromatic heterocycles. The van der Waals surface area contributed by atoms with Gasteiger partial charge in [0.25, 0.3) is 0 Å². The summed E-state index contributed by atoms with van der Waals surface area (Å²) in [4.78, 5) is 15.0. The van der Waals surface area contributed by atoms with Crippen molar-refractivity contribution in [2.75, 3.05) is 19.5 Å². The Labute approximate surface area is 151 Å². The number of anilines is 1. The molecule has 0 radical (unpaired) electrons. The zero-order valence-electron chi connectivity index (χ0n) is 14.5. The van der Waals surface area contributed by atoms with Crippen molar-refractivity contribution in [1.29, 1.82) is 0 Å². The van der Waals surface area contributed by atoms with Gasteiger partial charge in [0.1, 0.15) is 5.00 Å². The van der Waals surface area contributed by atoms with E-state index in [1.54, 1.807) is 0 Å². The van der Waals surface area contributed by atoms with Crippen molar-refractivity contribution in [2.24, 2.45) is 7.05 Å². The monoisotopic (exact) mass is 366 g/mol. The fraction of sp³-hybridized carbons (Fsp3) is 0.438. The van der Waals surface area contributed by atoms with E-state index in [1.165, 1.54) is 18.4 Å². The molecule has 0 aliphatic carbocycles. The molecule has 1 N–H and O–H groups in total. The molecular weight excluding hydrogens is 344 g/mol. The van der Waals surface area contributed by atoms with E-state index >= 15 is 0 Å². The first-order valence-electron chi connectivity index (χ1n) is 7.58. The summed E-state index contributed by atoms with van der Waals surface area (Å²) < 4.78 is 6.69. The number of aryl methyl sites for hydroxylation is 2. The maximum Gasteiger partial charge on any atom is 0.340 e. The van der Waals surface area contributed by atoms with Crippen molar-refractivity contribution in [1.82, 2.24) is 14.7 Å². The predicted octanol–water partition coefficient (Wildman–Crippen LogP) is 2.97. The Kier molecular flexibility index (Phi) is 5.95. The molecule has 0 saturated heterocycles. The summed E-state index contributed by atoms with van der Waals surface area (Å²) in [5, 5.41) is 8.69. The van der Waals surface area contributed by atoms with Gasteiger partial charge >= 0.3 is 5.97 Å². The smallest absolute Gasteiger partial charge is 0.340 e. The normalized spacial score (nSPS) is 10.5. The van der Waals surface area contributed by atoms with Crippen molar-refractivity contribution < 1.29 is 9.53 Å². The van der Waals surface area contributed by atoms with Gasteiger partial charge in [0.05, 0.1) is 18.9 Å². The van der Waals surface area contributed by atoms with Crippen LogP contribution in [0.1, 0.15) is 33.4 Å². The van der Waals surface area contributed by atoms with E-state index in [2.05, 4.69) is 10.4 Å². The number of hydrogen-bond acceptors (Lipinski definition) is 5. The number of aromatic nitrogens is 2. The van der Waals surface area contributed by atoms with Crippen LogP contribution in [0.25, 0.3) is 0 Å². The van der Waals surface area contributed by atoms with Crippen molar-refractivity contribution >= 4 is 39.6 Å². The Bertz CT molecular complexity index is 751. The predicted molar refractivity (Wildman–Crippen MR) is 101 cm³/mol. The van der Waals surface area contributed by atoms with Gasteiger partial charge in [-0.15, -0.1) is 11.3 Å². The van der Waals surface area contributed by atoms with Crippen LogP contribution in [0.4, 0.5) is 5.00 Å². The molecule has 6 nitrogen and oxygen atoms in total. The summed E-state index contributed by atoms with van der Waals surface area (Å²) in [7, 11) is 5.20. The van der Waals surface area contributed by atoms with Gasteiger partial charge in [-0.2, -0.15) is 5.10 Å². The Balaban J connectivity index is 2.12. The number of nitrogens with zero attached hydrogens (tertiary/aromatic N) is 3. The topological polar surface area (TPSA) is 59.4 Å². The summed E-state index contributed by atoms with van der Waals surface area (Å²) in [5.74, 6) is -0.359. The number of carbonyl (C=O) groups excluding carboxylic acids is 1. The Morgan fingerprint density at radius 3 is 2.79 bits per heavy atom. The van der Waals surface area contributed by atoms with E-state index in [0.29, 0.717) is 17.2 Å².